The molecule has 53 heavy (non-hydrogen) atoms. The average molecular weight is 753 g/mol. The van der Waals surface area contributed by atoms with Gasteiger partial charge in [-0.05, 0) is 80.3 Å². The average Bonchev–Trinajstić information content (AvgIpc) is 3.35. The van der Waals surface area contributed by atoms with Gasteiger partial charge < -0.3 is 10.2 Å². The maximum absolute atomic E-state index is 14.5. The van der Waals surface area contributed by atoms with E-state index in [2.05, 4.69) is 30.1 Å². The fraction of sp³-hybridized carbons (Fsp3) is 0.472. The fourth-order valence-electron chi connectivity index (χ4n) is 8.04. The molecule has 280 valence electrons. The van der Waals surface area contributed by atoms with Crippen molar-refractivity contribution in [3.63, 3.8) is 0 Å². The Morgan fingerprint density at radius 3 is 2.49 bits per heavy atom. The van der Waals surface area contributed by atoms with E-state index in [4.69, 9.17) is 0 Å². The summed E-state index contributed by atoms with van der Waals surface area (Å²) in [5.74, 6) is -1.57. The lowest BCUT2D eigenvalue weighted by atomic mass is 9.96. The van der Waals surface area contributed by atoms with Crippen molar-refractivity contribution >= 4 is 44.3 Å². The molecule has 3 aliphatic rings. The minimum Gasteiger partial charge on any atom is -0.325 e. The number of nitrogens with one attached hydrogen (secondary N) is 2. The first-order chi connectivity index (χ1) is 25.0. The first kappa shape index (κ1) is 36.6. The van der Waals surface area contributed by atoms with E-state index in [1.54, 1.807) is 19.3 Å². The van der Waals surface area contributed by atoms with Crippen molar-refractivity contribution in [3.8, 4) is 11.1 Å². The van der Waals surface area contributed by atoms with E-state index in [9.17, 15) is 36.0 Å². The summed E-state index contributed by atoms with van der Waals surface area (Å²) in [6, 6.07) is 4.09. The number of nitrogens with zero attached hydrogens (tertiary/aromatic N) is 6. The number of Topliss-reactive ketones (excluding diaryl/α,β-unsaturated/α-hetero) is 1. The van der Waals surface area contributed by atoms with Crippen molar-refractivity contribution < 1.29 is 36.0 Å². The van der Waals surface area contributed by atoms with Crippen LogP contribution in [0.25, 0.3) is 22.0 Å². The summed E-state index contributed by atoms with van der Waals surface area (Å²) in [6.45, 7) is 6.19. The number of carbonyl (C=O) groups is 3. The van der Waals surface area contributed by atoms with Gasteiger partial charge in [-0.15, -0.1) is 0 Å². The summed E-state index contributed by atoms with van der Waals surface area (Å²) in [4.78, 5) is 55.2. The number of ketones is 1. The van der Waals surface area contributed by atoms with Gasteiger partial charge in [-0.2, -0.15) is 18.3 Å². The van der Waals surface area contributed by atoms with Crippen molar-refractivity contribution in [1.29, 1.82) is 0 Å². The summed E-state index contributed by atoms with van der Waals surface area (Å²) < 4.78 is 71.1. The molecule has 1 unspecified atom stereocenters. The maximum Gasteiger partial charge on any atom is 0.433 e. The smallest absolute Gasteiger partial charge is 0.325 e. The van der Waals surface area contributed by atoms with Crippen LogP contribution in [0.5, 0.6) is 0 Å². The largest absolute Gasteiger partial charge is 0.433 e. The zero-order valence-electron chi connectivity index (χ0n) is 29.6. The van der Waals surface area contributed by atoms with Crippen LogP contribution >= 0.6 is 0 Å². The highest BCUT2D eigenvalue weighted by atomic mass is 32.2. The van der Waals surface area contributed by atoms with Gasteiger partial charge in [0.15, 0.2) is 5.78 Å². The number of pyridine rings is 1. The van der Waals surface area contributed by atoms with E-state index in [-0.39, 0.29) is 54.0 Å². The number of sulfonamides is 1. The predicted octanol–water partition coefficient (Wildman–Crippen LogP) is 4.62. The second kappa shape index (κ2) is 13.3. The van der Waals surface area contributed by atoms with Crippen molar-refractivity contribution in [1.82, 2.24) is 34.4 Å². The number of hydrogen-bond acceptors (Lipinski definition) is 9. The lowest BCUT2D eigenvalue weighted by Gasteiger charge is -2.28. The third kappa shape index (κ3) is 6.80. The van der Waals surface area contributed by atoms with Gasteiger partial charge in [-0.3, -0.25) is 19.1 Å². The van der Waals surface area contributed by atoms with E-state index in [1.807, 2.05) is 19.1 Å². The van der Waals surface area contributed by atoms with Crippen LogP contribution in [0.4, 0.5) is 19.0 Å². The Balaban J connectivity index is 1.31. The number of piperidine rings is 1. The minimum atomic E-state index is -4.75. The zero-order valence-corrected chi connectivity index (χ0v) is 30.4. The highest BCUT2D eigenvalue weighted by Crippen LogP contribution is 2.64. The molecular weight excluding hydrogens is 714 g/mol. The lowest BCUT2D eigenvalue weighted by molar-refractivity contribution is -0.141. The number of anilines is 1. The van der Waals surface area contributed by atoms with E-state index in [1.165, 1.54) is 29.5 Å². The van der Waals surface area contributed by atoms with Crippen LogP contribution in [0.2, 0.25) is 0 Å². The monoisotopic (exact) mass is 752 g/mol. The van der Waals surface area contributed by atoms with Gasteiger partial charge in [-0.25, -0.2) is 28.1 Å². The molecule has 2 fully saturated rings. The van der Waals surface area contributed by atoms with E-state index >= 15 is 0 Å². The Labute approximate surface area is 303 Å². The molecule has 2 amide bonds. The third-order valence-electron chi connectivity index (χ3n) is 10.9. The molecule has 1 saturated carbocycles. The SMILES string of the molecule is CC(=O)c1nn2c3c(cc(-c4cnc(C)nc4)cc13)CCCCCS(=O)(=O)NC[C@@]13C[C@@H](C(=O)Nc4nc(C(F)(F)F)ccc4C)N(C(=O)C2)C1[C@@H]3C. The Hall–Kier alpha value is -4.77. The Morgan fingerprint density at radius 2 is 1.79 bits per heavy atom. The number of rotatable bonds is 4. The van der Waals surface area contributed by atoms with Crippen LogP contribution in [0.15, 0.2) is 36.7 Å². The topological polar surface area (TPSA) is 169 Å². The molecule has 5 heterocycles. The number of alkyl halides is 3. The summed E-state index contributed by atoms with van der Waals surface area (Å²) in [6.07, 6.45) is 0.787. The van der Waals surface area contributed by atoms with Crippen molar-refractivity contribution in [2.45, 2.75) is 84.6 Å². The van der Waals surface area contributed by atoms with Crippen LogP contribution < -0.4 is 10.0 Å². The molecule has 7 rings (SSSR count). The quantitative estimate of drug-likeness (QED) is 0.283. The van der Waals surface area contributed by atoms with Gasteiger partial charge in [0, 0.05) is 48.3 Å². The fourth-order valence-corrected chi connectivity index (χ4v) is 9.25. The Bertz CT molecular complexity index is 2260. The minimum absolute atomic E-state index is 0.00953. The Kier molecular flexibility index (Phi) is 9.16. The molecule has 4 atom stereocenters. The van der Waals surface area contributed by atoms with Gasteiger partial charge in [0.1, 0.15) is 35.6 Å². The molecule has 1 aliphatic carbocycles. The van der Waals surface area contributed by atoms with Crippen LogP contribution in [-0.2, 0) is 38.8 Å². The Morgan fingerprint density at radius 1 is 1.06 bits per heavy atom. The summed E-state index contributed by atoms with van der Waals surface area (Å²) in [7, 11) is -3.71. The first-order valence-corrected chi connectivity index (χ1v) is 19.1. The molecule has 2 aliphatic heterocycles. The highest BCUT2D eigenvalue weighted by molar-refractivity contribution is 7.89. The number of aryl methyl sites for hydroxylation is 3. The lowest BCUT2D eigenvalue weighted by Crippen LogP contribution is -2.47. The van der Waals surface area contributed by atoms with E-state index in [0.29, 0.717) is 48.0 Å². The van der Waals surface area contributed by atoms with Crippen molar-refractivity contribution in [2.24, 2.45) is 11.3 Å². The van der Waals surface area contributed by atoms with Gasteiger partial charge in [0.05, 0.1) is 11.3 Å². The van der Waals surface area contributed by atoms with Crippen molar-refractivity contribution in [2.75, 3.05) is 17.6 Å². The second-order valence-electron chi connectivity index (χ2n) is 14.4. The number of amides is 2. The van der Waals surface area contributed by atoms with E-state index in [0.717, 1.165) is 17.2 Å². The molecule has 2 bridgehead atoms. The molecule has 0 spiro atoms. The number of benzene rings is 1. The molecule has 1 aromatic carbocycles. The number of aromatic nitrogens is 5. The zero-order chi connectivity index (χ0) is 38.0. The standard InChI is InChI=1S/C36H39F3N8O5S/c1-19-9-10-28(36(37,38)39)43-33(19)44-34(50)27-14-35-18-42-53(51,52)11-7-5-6-8-23-12-24(25-15-40-22(4)41-16-25)13-26-30(21(3)48)45-46(31(23)26)17-29(49)47(27)32(35)20(35)2/h9-10,12-13,15-16,20,27,32,42H,5-8,11,14,17-18H2,1-4H3,(H,43,44,50)/t20-,27-,32?,35+/m0/s1. The van der Waals surface area contributed by atoms with Gasteiger partial charge in [-0.1, -0.05) is 19.4 Å². The molecule has 17 heteroatoms. The summed E-state index contributed by atoms with van der Waals surface area (Å²) in [5, 5.41) is 7.69. The molecule has 0 radical (unpaired) electrons. The molecule has 13 nitrogen and oxygen atoms in total. The van der Waals surface area contributed by atoms with Gasteiger partial charge >= 0.3 is 6.18 Å². The van der Waals surface area contributed by atoms with E-state index < -0.39 is 51.2 Å². The predicted molar refractivity (Wildman–Crippen MR) is 188 cm³/mol. The van der Waals surface area contributed by atoms with Gasteiger partial charge in [0.2, 0.25) is 21.8 Å². The number of halogens is 3. The second-order valence-corrected chi connectivity index (χ2v) is 16.3. The molecule has 1 saturated heterocycles. The molecule has 2 N–H and O–H groups in total. The van der Waals surface area contributed by atoms with Crippen LogP contribution in [0.3, 0.4) is 0 Å². The van der Waals surface area contributed by atoms with Gasteiger partial charge in [0.25, 0.3) is 0 Å². The summed E-state index contributed by atoms with van der Waals surface area (Å²) in [5.41, 5.74) is 1.30. The third-order valence-corrected chi connectivity index (χ3v) is 12.3. The summed E-state index contributed by atoms with van der Waals surface area (Å²) >= 11 is 0. The molecule has 4 aromatic rings. The van der Waals surface area contributed by atoms with Crippen LogP contribution in [0, 0.1) is 25.2 Å². The highest BCUT2D eigenvalue weighted by Gasteiger charge is 2.72. The molecular formula is C36H39F3N8O5S. The normalized spacial score (nSPS) is 24.5. The molecule has 3 aromatic heterocycles. The van der Waals surface area contributed by atoms with Crippen LogP contribution in [-0.4, -0.2) is 80.0 Å². The number of hydrogen-bond donors (Lipinski definition) is 2. The van der Waals surface area contributed by atoms with Crippen LogP contribution in [0.1, 0.15) is 72.7 Å². The first-order valence-electron chi connectivity index (χ1n) is 17.5. The maximum atomic E-state index is 14.5. The number of carbonyl (C=O) groups excluding carboxylic acids is 3. The van der Waals surface area contributed by atoms with Crippen molar-refractivity contribution in [3.05, 3.63) is 65.0 Å².